The van der Waals surface area contributed by atoms with Gasteiger partial charge in [0.05, 0.1) is 17.9 Å². The molecule has 0 bridgehead atoms. The normalized spacial score (nSPS) is 20.1. The lowest BCUT2D eigenvalue weighted by atomic mass is 10.2. The third-order valence-corrected chi connectivity index (χ3v) is 5.26. The van der Waals surface area contributed by atoms with Gasteiger partial charge in [0.2, 0.25) is 11.8 Å². The molecule has 2 aromatic rings. The first kappa shape index (κ1) is 17.9. The molecule has 0 radical (unpaired) electrons. The predicted molar refractivity (Wildman–Crippen MR) is 99.1 cm³/mol. The lowest BCUT2D eigenvalue weighted by Crippen LogP contribution is -2.55. The number of aromatic nitrogens is 1. The SMILES string of the molecule is COC1CC(=O)NC(SCC(=O)Nc2nc(-c3ccccc3)cs2)N1. The molecule has 2 amide bonds. The van der Waals surface area contributed by atoms with E-state index in [1.54, 1.807) is 0 Å². The number of ether oxygens (including phenoxy) is 1. The number of anilines is 1. The van der Waals surface area contributed by atoms with E-state index in [2.05, 4.69) is 20.9 Å². The Kier molecular flexibility index (Phi) is 6.03. The molecule has 7 nitrogen and oxygen atoms in total. The lowest BCUT2D eigenvalue weighted by Gasteiger charge is -2.29. The van der Waals surface area contributed by atoms with Crippen molar-refractivity contribution in [1.82, 2.24) is 15.6 Å². The number of methoxy groups -OCH3 is 1. The molecule has 1 fully saturated rings. The van der Waals surface area contributed by atoms with Crippen molar-refractivity contribution in [3.05, 3.63) is 35.7 Å². The Labute approximate surface area is 153 Å². The third kappa shape index (κ3) is 5.02. The van der Waals surface area contributed by atoms with E-state index >= 15 is 0 Å². The summed E-state index contributed by atoms with van der Waals surface area (Å²) in [5.41, 5.74) is 1.49. The quantitative estimate of drug-likeness (QED) is 0.710. The molecule has 0 aliphatic carbocycles. The standard InChI is InChI=1S/C16H18N4O3S2/c1-23-14-7-12(21)18-16(20-14)25-9-13(22)19-15-17-11(8-24-15)10-5-3-2-4-6-10/h2-6,8,14,16,20H,7,9H2,1H3,(H,18,21)(H,17,19,22). The van der Waals surface area contributed by atoms with E-state index in [-0.39, 0.29) is 35.7 Å². The van der Waals surface area contributed by atoms with Crippen LogP contribution in [0.3, 0.4) is 0 Å². The molecule has 0 saturated carbocycles. The molecule has 2 unspecified atom stereocenters. The first-order valence-electron chi connectivity index (χ1n) is 7.64. The van der Waals surface area contributed by atoms with E-state index in [4.69, 9.17) is 4.74 Å². The lowest BCUT2D eigenvalue weighted by molar-refractivity contribution is -0.127. The van der Waals surface area contributed by atoms with E-state index in [1.807, 2.05) is 35.7 Å². The predicted octanol–water partition coefficient (Wildman–Crippen LogP) is 1.85. The number of hydrogen-bond donors (Lipinski definition) is 3. The summed E-state index contributed by atoms with van der Waals surface area (Å²) in [4.78, 5) is 28.1. The molecule has 3 rings (SSSR count). The zero-order valence-electron chi connectivity index (χ0n) is 13.5. The van der Waals surface area contributed by atoms with Crippen molar-refractivity contribution >= 4 is 40.0 Å². The van der Waals surface area contributed by atoms with Crippen LogP contribution in [0.25, 0.3) is 11.3 Å². The summed E-state index contributed by atoms with van der Waals surface area (Å²) >= 11 is 2.67. The number of carbonyl (C=O) groups is 2. The highest BCUT2D eigenvalue weighted by atomic mass is 32.2. The zero-order valence-corrected chi connectivity index (χ0v) is 15.2. The minimum Gasteiger partial charge on any atom is -0.366 e. The monoisotopic (exact) mass is 378 g/mol. The van der Waals surface area contributed by atoms with Crippen molar-refractivity contribution in [2.45, 2.75) is 18.1 Å². The van der Waals surface area contributed by atoms with Gasteiger partial charge in [0.25, 0.3) is 0 Å². The Bertz CT molecular complexity index is 738. The van der Waals surface area contributed by atoms with Gasteiger partial charge in [0.15, 0.2) is 5.13 Å². The van der Waals surface area contributed by atoms with Gasteiger partial charge in [0.1, 0.15) is 11.7 Å². The Hall–Kier alpha value is -1.94. The summed E-state index contributed by atoms with van der Waals surface area (Å²) in [5, 5.41) is 11.1. The second-order valence-electron chi connectivity index (χ2n) is 5.31. The highest BCUT2D eigenvalue weighted by Crippen LogP contribution is 2.24. The fourth-order valence-electron chi connectivity index (χ4n) is 2.27. The molecule has 1 saturated heterocycles. The van der Waals surface area contributed by atoms with Crippen LogP contribution in [0, 0.1) is 0 Å². The van der Waals surface area contributed by atoms with Crippen molar-refractivity contribution < 1.29 is 14.3 Å². The second-order valence-corrected chi connectivity index (χ2v) is 7.26. The average Bonchev–Trinajstić information content (AvgIpc) is 3.08. The number of carbonyl (C=O) groups excluding carboxylic acids is 2. The maximum Gasteiger partial charge on any atom is 0.236 e. The summed E-state index contributed by atoms with van der Waals surface area (Å²) < 4.78 is 5.14. The van der Waals surface area contributed by atoms with Crippen LogP contribution in [0.5, 0.6) is 0 Å². The van der Waals surface area contributed by atoms with E-state index in [0.717, 1.165) is 11.3 Å². The first-order valence-corrected chi connectivity index (χ1v) is 9.57. The van der Waals surface area contributed by atoms with E-state index in [9.17, 15) is 9.59 Å². The highest BCUT2D eigenvalue weighted by Gasteiger charge is 2.26. The molecular formula is C16H18N4O3S2. The fourth-order valence-corrected chi connectivity index (χ4v) is 3.86. The number of thiazole rings is 1. The topological polar surface area (TPSA) is 92.3 Å². The largest absolute Gasteiger partial charge is 0.366 e. The van der Waals surface area contributed by atoms with Crippen LogP contribution in [0.2, 0.25) is 0 Å². The van der Waals surface area contributed by atoms with Gasteiger partial charge in [-0.2, -0.15) is 0 Å². The Morgan fingerprint density at radius 2 is 2.24 bits per heavy atom. The maximum absolute atomic E-state index is 12.1. The summed E-state index contributed by atoms with van der Waals surface area (Å²) in [5.74, 6) is -0.0836. The Morgan fingerprint density at radius 3 is 3.00 bits per heavy atom. The third-order valence-electron chi connectivity index (χ3n) is 3.49. The molecule has 25 heavy (non-hydrogen) atoms. The van der Waals surface area contributed by atoms with Gasteiger partial charge >= 0.3 is 0 Å². The van der Waals surface area contributed by atoms with Crippen LogP contribution in [0.15, 0.2) is 35.7 Å². The number of thioether (sulfide) groups is 1. The summed E-state index contributed by atoms with van der Waals surface area (Å²) in [6.45, 7) is 0. The van der Waals surface area contributed by atoms with Gasteiger partial charge in [-0.25, -0.2) is 4.98 Å². The number of nitrogens with one attached hydrogen (secondary N) is 3. The smallest absolute Gasteiger partial charge is 0.236 e. The molecule has 132 valence electrons. The van der Waals surface area contributed by atoms with Crippen LogP contribution < -0.4 is 16.0 Å². The van der Waals surface area contributed by atoms with Crippen LogP contribution in [0.4, 0.5) is 5.13 Å². The van der Waals surface area contributed by atoms with Crippen molar-refractivity contribution in [2.24, 2.45) is 0 Å². The number of benzene rings is 1. The molecule has 1 aliphatic heterocycles. The summed E-state index contributed by atoms with van der Waals surface area (Å²) in [6, 6.07) is 9.78. The molecule has 2 atom stereocenters. The van der Waals surface area contributed by atoms with Crippen LogP contribution >= 0.6 is 23.1 Å². The van der Waals surface area contributed by atoms with E-state index in [1.165, 1.54) is 30.2 Å². The van der Waals surface area contributed by atoms with Gasteiger partial charge in [0, 0.05) is 18.1 Å². The van der Waals surface area contributed by atoms with Gasteiger partial charge in [-0.3, -0.25) is 14.9 Å². The van der Waals surface area contributed by atoms with E-state index in [0.29, 0.717) is 5.13 Å². The molecule has 1 aromatic carbocycles. The van der Waals surface area contributed by atoms with Crippen molar-refractivity contribution in [1.29, 1.82) is 0 Å². The van der Waals surface area contributed by atoms with Crippen LogP contribution in [-0.2, 0) is 14.3 Å². The van der Waals surface area contributed by atoms with Gasteiger partial charge in [-0.05, 0) is 0 Å². The molecule has 1 aromatic heterocycles. The van der Waals surface area contributed by atoms with Crippen LogP contribution in [0.1, 0.15) is 6.42 Å². The molecular weight excluding hydrogens is 360 g/mol. The minimum absolute atomic E-state index is 0.101. The Balaban J connectivity index is 1.50. The second kappa shape index (κ2) is 8.43. The Morgan fingerprint density at radius 1 is 1.44 bits per heavy atom. The van der Waals surface area contributed by atoms with E-state index < -0.39 is 0 Å². The van der Waals surface area contributed by atoms with Crippen molar-refractivity contribution in [2.75, 3.05) is 18.2 Å². The van der Waals surface area contributed by atoms with Gasteiger partial charge in [-0.1, -0.05) is 30.3 Å². The van der Waals surface area contributed by atoms with Gasteiger partial charge < -0.3 is 15.4 Å². The molecule has 0 spiro atoms. The zero-order chi connectivity index (χ0) is 17.6. The molecule has 1 aliphatic rings. The summed E-state index contributed by atoms with van der Waals surface area (Å²) in [6.07, 6.45) is -0.0667. The first-order chi connectivity index (χ1) is 12.1. The minimum atomic E-state index is -0.354. The fraction of sp³-hybridized carbons (Fsp3) is 0.312. The van der Waals surface area contributed by atoms with Gasteiger partial charge in [-0.15, -0.1) is 23.1 Å². The van der Waals surface area contributed by atoms with Crippen molar-refractivity contribution in [3.8, 4) is 11.3 Å². The molecule has 2 heterocycles. The number of rotatable bonds is 6. The maximum atomic E-state index is 12.1. The summed E-state index contributed by atoms with van der Waals surface area (Å²) in [7, 11) is 1.54. The molecule has 9 heteroatoms. The number of hydrogen-bond acceptors (Lipinski definition) is 7. The van der Waals surface area contributed by atoms with Crippen molar-refractivity contribution in [3.63, 3.8) is 0 Å². The number of amides is 2. The number of nitrogens with zero attached hydrogens (tertiary/aromatic N) is 1. The average molecular weight is 378 g/mol. The van der Waals surface area contributed by atoms with Crippen LogP contribution in [-0.4, -0.2) is 41.4 Å². The highest BCUT2D eigenvalue weighted by molar-refractivity contribution is 8.00. The molecule has 3 N–H and O–H groups in total.